The summed E-state index contributed by atoms with van der Waals surface area (Å²) in [4.78, 5) is 29.8. The SMILES string of the molecule is CCCn1cnc2c1c(=O)n(CC)c(=O)n2-c1cccc(C)c1. The molecule has 0 saturated heterocycles. The molecule has 2 aromatic heterocycles. The highest BCUT2D eigenvalue weighted by atomic mass is 16.2. The van der Waals surface area contributed by atoms with Crippen LogP contribution in [0.3, 0.4) is 0 Å². The van der Waals surface area contributed by atoms with E-state index in [1.807, 2.05) is 42.7 Å². The summed E-state index contributed by atoms with van der Waals surface area (Å²) in [6.45, 7) is 6.84. The van der Waals surface area contributed by atoms with Crippen LogP contribution in [0, 0.1) is 6.92 Å². The second-order valence-electron chi connectivity index (χ2n) is 5.62. The lowest BCUT2D eigenvalue weighted by molar-refractivity contribution is 0.646. The van der Waals surface area contributed by atoms with Crippen molar-refractivity contribution in [3.8, 4) is 5.69 Å². The van der Waals surface area contributed by atoms with Crippen molar-refractivity contribution >= 4 is 11.2 Å². The zero-order chi connectivity index (χ0) is 16.6. The Morgan fingerprint density at radius 2 is 1.96 bits per heavy atom. The minimum absolute atomic E-state index is 0.276. The molecule has 0 atom stereocenters. The number of hydrogen-bond donors (Lipinski definition) is 0. The average molecular weight is 312 g/mol. The van der Waals surface area contributed by atoms with E-state index in [4.69, 9.17) is 0 Å². The van der Waals surface area contributed by atoms with Gasteiger partial charge in [-0.05, 0) is 38.0 Å². The third kappa shape index (κ3) is 2.40. The number of fused-ring (bicyclic) bond motifs is 1. The molecule has 0 spiro atoms. The molecule has 0 N–H and O–H groups in total. The molecule has 3 aromatic rings. The van der Waals surface area contributed by atoms with Crippen molar-refractivity contribution in [1.29, 1.82) is 0 Å². The van der Waals surface area contributed by atoms with E-state index in [2.05, 4.69) is 4.98 Å². The van der Waals surface area contributed by atoms with Gasteiger partial charge in [0.2, 0.25) is 0 Å². The maximum absolute atomic E-state index is 12.8. The summed E-state index contributed by atoms with van der Waals surface area (Å²) in [5, 5.41) is 0. The smallest absolute Gasteiger partial charge is 0.325 e. The highest BCUT2D eigenvalue weighted by Crippen LogP contribution is 2.14. The van der Waals surface area contributed by atoms with Crippen molar-refractivity contribution in [1.82, 2.24) is 18.7 Å². The Morgan fingerprint density at radius 1 is 1.17 bits per heavy atom. The third-order valence-corrected chi connectivity index (χ3v) is 3.94. The number of hydrogen-bond acceptors (Lipinski definition) is 3. The fourth-order valence-corrected chi connectivity index (χ4v) is 2.87. The maximum Gasteiger partial charge on any atom is 0.337 e. The van der Waals surface area contributed by atoms with E-state index in [9.17, 15) is 9.59 Å². The molecule has 0 unspecified atom stereocenters. The molecule has 0 bridgehead atoms. The highest BCUT2D eigenvalue weighted by molar-refractivity contribution is 5.72. The van der Waals surface area contributed by atoms with E-state index in [1.165, 1.54) is 9.13 Å². The van der Waals surface area contributed by atoms with Gasteiger partial charge in [0.1, 0.15) is 0 Å². The standard InChI is InChI=1S/C17H20N4O2/c1-4-9-19-11-18-15-14(19)16(22)20(5-2)17(23)21(15)13-8-6-7-12(3)10-13/h6-8,10-11H,4-5,9H2,1-3H3. The van der Waals surface area contributed by atoms with Gasteiger partial charge in [-0.1, -0.05) is 19.1 Å². The van der Waals surface area contributed by atoms with Crippen LogP contribution in [-0.2, 0) is 13.1 Å². The molecule has 0 radical (unpaired) electrons. The van der Waals surface area contributed by atoms with Crippen molar-refractivity contribution in [2.24, 2.45) is 0 Å². The molecule has 0 fully saturated rings. The number of nitrogens with zero attached hydrogens (tertiary/aromatic N) is 4. The van der Waals surface area contributed by atoms with E-state index >= 15 is 0 Å². The molecule has 0 aliphatic rings. The molecular weight excluding hydrogens is 292 g/mol. The molecular formula is C17H20N4O2. The predicted octanol–water partition coefficient (Wildman–Crippen LogP) is 2.09. The topological polar surface area (TPSA) is 61.8 Å². The zero-order valence-electron chi connectivity index (χ0n) is 13.6. The van der Waals surface area contributed by atoms with Crippen LogP contribution in [0.5, 0.6) is 0 Å². The summed E-state index contributed by atoms with van der Waals surface area (Å²) < 4.78 is 4.62. The van der Waals surface area contributed by atoms with Gasteiger partial charge in [0.15, 0.2) is 11.2 Å². The first-order chi connectivity index (χ1) is 11.1. The van der Waals surface area contributed by atoms with Crippen LogP contribution in [0.25, 0.3) is 16.9 Å². The lowest BCUT2D eigenvalue weighted by Crippen LogP contribution is -2.39. The van der Waals surface area contributed by atoms with E-state index < -0.39 is 0 Å². The van der Waals surface area contributed by atoms with Gasteiger partial charge in [-0.15, -0.1) is 0 Å². The third-order valence-electron chi connectivity index (χ3n) is 3.94. The molecule has 0 aliphatic heterocycles. The summed E-state index contributed by atoms with van der Waals surface area (Å²) in [6, 6.07) is 7.64. The molecule has 0 aliphatic carbocycles. The summed E-state index contributed by atoms with van der Waals surface area (Å²) in [7, 11) is 0. The van der Waals surface area contributed by atoms with E-state index in [-0.39, 0.29) is 11.2 Å². The van der Waals surface area contributed by atoms with Crippen molar-refractivity contribution < 1.29 is 0 Å². The van der Waals surface area contributed by atoms with E-state index in [0.29, 0.717) is 24.3 Å². The van der Waals surface area contributed by atoms with Gasteiger partial charge < -0.3 is 4.57 Å². The summed E-state index contributed by atoms with van der Waals surface area (Å²) >= 11 is 0. The maximum atomic E-state index is 12.8. The molecule has 0 amide bonds. The fraction of sp³-hybridized carbons (Fsp3) is 0.353. The molecule has 6 heteroatoms. The minimum atomic E-state index is -0.350. The Morgan fingerprint density at radius 3 is 2.61 bits per heavy atom. The normalized spacial score (nSPS) is 11.3. The zero-order valence-corrected chi connectivity index (χ0v) is 13.6. The van der Waals surface area contributed by atoms with Gasteiger partial charge in [0.05, 0.1) is 12.0 Å². The molecule has 6 nitrogen and oxygen atoms in total. The predicted molar refractivity (Wildman–Crippen MR) is 90.3 cm³/mol. The number of aryl methyl sites for hydroxylation is 2. The van der Waals surface area contributed by atoms with Crippen LogP contribution < -0.4 is 11.2 Å². The lowest BCUT2D eigenvalue weighted by atomic mass is 10.2. The Hall–Kier alpha value is -2.63. The van der Waals surface area contributed by atoms with Crippen LogP contribution in [0.1, 0.15) is 25.8 Å². The second-order valence-corrected chi connectivity index (χ2v) is 5.62. The summed E-state index contributed by atoms with van der Waals surface area (Å²) in [5.41, 5.74) is 2.05. The fourth-order valence-electron chi connectivity index (χ4n) is 2.87. The largest absolute Gasteiger partial charge is 0.337 e. The minimum Gasteiger partial charge on any atom is -0.325 e. The van der Waals surface area contributed by atoms with Crippen molar-refractivity contribution in [2.45, 2.75) is 40.3 Å². The van der Waals surface area contributed by atoms with E-state index in [0.717, 1.165) is 17.7 Å². The lowest BCUT2D eigenvalue weighted by Gasteiger charge is -2.11. The first kappa shape index (κ1) is 15.3. The number of benzene rings is 1. The Balaban J connectivity index is 2.46. The second kappa shape index (κ2) is 5.87. The number of rotatable bonds is 4. The van der Waals surface area contributed by atoms with Gasteiger partial charge in [0.25, 0.3) is 5.56 Å². The summed E-state index contributed by atoms with van der Waals surface area (Å²) in [5.74, 6) is 0. The van der Waals surface area contributed by atoms with Crippen LogP contribution in [0.15, 0.2) is 40.2 Å². The first-order valence-electron chi connectivity index (χ1n) is 7.86. The van der Waals surface area contributed by atoms with Crippen LogP contribution in [0.4, 0.5) is 0 Å². The van der Waals surface area contributed by atoms with Crippen LogP contribution >= 0.6 is 0 Å². The molecule has 23 heavy (non-hydrogen) atoms. The molecule has 2 heterocycles. The van der Waals surface area contributed by atoms with Crippen LogP contribution in [0.2, 0.25) is 0 Å². The monoisotopic (exact) mass is 312 g/mol. The molecule has 3 rings (SSSR count). The van der Waals surface area contributed by atoms with Crippen molar-refractivity contribution in [3.05, 3.63) is 57.0 Å². The van der Waals surface area contributed by atoms with Gasteiger partial charge in [-0.3, -0.25) is 9.36 Å². The molecule has 120 valence electrons. The van der Waals surface area contributed by atoms with Crippen molar-refractivity contribution in [2.75, 3.05) is 0 Å². The number of imidazole rings is 1. The van der Waals surface area contributed by atoms with Gasteiger partial charge in [-0.2, -0.15) is 0 Å². The molecule has 0 saturated carbocycles. The number of aromatic nitrogens is 4. The first-order valence-corrected chi connectivity index (χ1v) is 7.86. The van der Waals surface area contributed by atoms with Gasteiger partial charge in [0, 0.05) is 13.1 Å². The van der Waals surface area contributed by atoms with Crippen molar-refractivity contribution in [3.63, 3.8) is 0 Å². The quantitative estimate of drug-likeness (QED) is 0.741. The Kier molecular flexibility index (Phi) is 3.90. The van der Waals surface area contributed by atoms with Crippen LogP contribution in [-0.4, -0.2) is 18.7 Å². The summed E-state index contributed by atoms with van der Waals surface area (Å²) in [6.07, 6.45) is 2.53. The average Bonchev–Trinajstić information content (AvgIpc) is 2.92. The Bertz CT molecular complexity index is 978. The van der Waals surface area contributed by atoms with Gasteiger partial charge in [-0.25, -0.2) is 14.3 Å². The Labute approximate surface area is 133 Å². The van der Waals surface area contributed by atoms with Gasteiger partial charge >= 0.3 is 5.69 Å². The van der Waals surface area contributed by atoms with E-state index in [1.54, 1.807) is 13.3 Å². The molecule has 1 aromatic carbocycles. The highest BCUT2D eigenvalue weighted by Gasteiger charge is 2.18.